The molecule has 0 radical (unpaired) electrons. The molecular weight excluding hydrogens is 474 g/mol. The predicted molar refractivity (Wildman–Crippen MR) is 118 cm³/mol. The van der Waals surface area contributed by atoms with Crippen molar-refractivity contribution < 1.29 is 28.9 Å². The van der Waals surface area contributed by atoms with Gasteiger partial charge in [0, 0.05) is 24.3 Å². The first kappa shape index (κ1) is 24.1. The van der Waals surface area contributed by atoms with E-state index in [1.165, 1.54) is 47.3 Å². The number of carbonyl (C=O) groups excluding carboxylic acids is 2. The molecule has 0 unspecified atom stereocenters. The molecule has 0 aliphatic heterocycles. The number of hydrogen-bond acceptors (Lipinski definition) is 9. The molecule has 3 rings (SSSR count). The second kappa shape index (κ2) is 10.4. The van der Waals surface area contributed by atoms with Crippen LogP contribution in [0.4, 0.5) is 17.1 Å². The Balaban J connectivity index is 1.77. The third-order valence-electron chi connectivity index (χ3n) is 4.27. The summed E-state index contributed by atoms with van der Waals surface area (Å²) in [7, 11) is 0. The Labute approximate surface area is 196 Å². The van der Waals surface area contributed by atoms with E-state index in [0.717, 1.165) is 6.07 Å². The fraction of sp³-hybridized carbons (Fsp3) is 0.150. The Morgan fingerprint density at radius 1 is 1.09 bits per heavy atom. The summed E-state index contributed by atoms with van der Waals surface area (Å²) in [4.78, 5) is 45.0. The average molecular weight is 490 g/mol. The third-order valence-corrected chi connectivity index (χ3v) is 4.58. The third kappa shape index (κ3) is 5.63. The van der Waals surface area contributed by atoms with Gasteiger partial charge in [-0.1, -0.05) is 11.6 Å². The smallest absolute Gasteiger partial charge is 0.362 e. The van der Waals surface area contributed by atoms with Crippen LogP contribution in [0, 0.1) is 20.2 Å². The molecule has 0 aliphatic carbocycles. The van der Waals surface area contributed by atoms with Gasteiger partial charge in [-0.05, 0) is 25.1 Å². The van der Waals surface area contributed by atoms with E-state index >= 15 is 0 Å². The zero-order chi connectivity index (χ0) is 24.8. The van der Waals surface area contributed by atoms with Crippen LogP contribution < -0.4 is 10.1 Å². The van der Waals surface area contributed by atoms with Gasteiger partial charge in [0.1, 0.15) is 0 Å². The molecule has 0 fully saturated rings. The zero-order valence-corrected chi connectivity index (χ0v) is 18.2. The van der Waals surface area contributed by atoms with Gasteiger partial charge in [0.15, 0.2) is 12.4 Å². The van der Waals surface area contributed by atoms with Crippen LogP contribution in [-0.2, 0) is 9.53 Å². The summed E-state index contributed by atoms with van der Waals surface area (Å²) in [5.41, 5.74) is -0.0425. The first-order valence-electron chi connectivity index (χ1n) is 9.57. The number of ether oxygens (including phenoxy) is 2. The summed E-state index contributed by atoms with van der Waals surface area (Å²) in [5.74, 6) is -1.52. The summed E-state index contributed by atoms with van der Waals surface area (Å²) < 4.78 is 11.7. The molecule has 0 bridgehead atoms. The highest BCUT2D eigenvalue weighted by Crippen LogP contribution is 2.27. The molecule has 0 saturated carbocycles. The van der Waals surface area contributed by atoms with E-state index in [-0.39, 0.29) is 40.1 Å². The summed E-state index contributed by atoms with van der Waals surface area (Å²) in [5, 5.41) is 28.2. The van der Waals surface area contributed by atoms with E-state index in [1.54, 1.807) is 6.92 Å². The Hall–Kier alpha value is -4.52. The molecule has 1 N–H and O–H groups in total. The standard InChI is InChI=1S/C20H16ClN5O8/c1-2-33-20(28)19-17(10-24(23-19)12-3-5-13(6-4-12)25(29)30)34-11-18(27)22-16-8-7-14(26(31)32)9-15(16)21/h3-10H,2,11H2,1H3,(H,22,27). The monoisotopic (exact) mass is 489 g/mol. The quantitative estimate of drug-likeness (QED) is 0.268. The molecule has 1 heterocycles. The van der Waals surface area contributed by atoms with Crippen LogP contribution >= 0.6 is 11.6 Å². The minimum absolute atomic E-state index is 0.0410. The molecule has 1 amide bonds. The van der Waals surface area contributed by atoms with E-state index in [1.807, 2.05) is 0 Å². The maximum absolute atomic E-state index is 12.3. The molecule has 0 saturated heterocycles. The summed E-state index contributed by atoms with van der Waals surface area (Å²) in [6.07, 6.45) is 1.32. The Morgan fingerprint density at radius 3 is 2.32 bits per heavy atom. The normalized spacial score (nSPS) is 10.4. The lowest BCUT2D eigenvalue weighted by molar-refractivity contribution is -0.385. The zero-order valence-electron chi connectivity index (χ0n) is 17.5. The Bertz CT molecular complexity index is 1260. The van der Waals surface area contributed by atoms with Crippen molar-refractivity contribution >= 4 is 40.5 Å². The van der Waals surface area contributed by atoms with Crippen LogP contribution in [0.1, 0.15) is 17.4 Å². The number of carbonyl (C=O) groups is 2. The van der Waals surface area contributed by atoms with Crippen molar-refractivity contribution in [2.45, 2.75) is 6.92 Å². The Morgan fingerprint density at radius 2 is 1.74 bits per heavy atom. The molecule has 0 atom stereocenters. The molecule has 0 spiro atoms. The topological polar surface area (TPSA) is 169 Å². The number of hydrogen-bond donors (Lipinski definition) is 1. The lowest BCUT2D eigenvalue weighted by atomic mass is 10.3. The van der Waals surface area contributed by atoms with Crippen molar-refractivity contribution in [1.82, 2.24) is 9.78 Å². The molecule has 1 aromatic heterocycles. The lowest BCUT2D eigenvalue weighted by Crippen LogP contribution is -2.21. The van der Waals surface area contributed by atoms with Gasteiger partial charge in [-0.25, -0.2) is 9.48 Å². The van der Waals surface area contributed by atoms with Gasteiger partial charge < -0.3 is 14.8 Å². The Kier molecular flexibility index (Phi) is 7.38. The van der Waals surface area contributed by atoms with Gasteiger partial charge in [0.25, 0.3) is 17.3 Å². The average Bonchev–Trinajstić information content (AvgIpc) is 3.23. The number of nitro benzene ring substituents is 2. The summed E-state index contributed by atoms with van der Waals surface area (Å²) in [6.45, 7) is 1.13. The number of anilines is 1. The number of nitrogens with one attached hydrogen (secondary N) is 1. The van der Waals surface area contributed by atoms with Crippen molar-refractivity contribution in [1.29, 1.82) is 0 Å². The highest BCUT2D eigenvalue weighted by atomic mass is 35.5. The van der Waals surface area contributed by atoms with E-state index in [9.17, 15) is 29.8 Å². The number of non-ortho nitro benzene ring substituents is 2. The fourth-order valence-corrected chi connectivity index (χ4v) is 2.93. The van der Waals surface area contributed by atoms with E-state index in [4.69, 9.17) is 21.1 Å². The molecule has 176 valence electrons. The second-order valence-corrected chi connectivity index (χ2v) is 6.95. The lowest BCUT2D eigenvalue weighted by Gasteiger charge is -2.08. The van der Waals surface area contributed by atoms with Crippen molar-refractivity contribution in [3.05, 3.63) is 79.6 Å². The van der Waals surface area contributed by atoms with Gasteiger partial charge in [0.05, 0.1) is 39.0 Å². The molecule has 2 aromatic carbocycles. The number of nitro groups is 2. The number of nitrogens with zero attached hydrogens (tertiary/aromatic N) is 4. The van der Waals surface area contributed by atoms with Gasteiger partial charge in [-0.15, -0.1) is 0 Å². The predicted octanol–water partition coefficient (Wildman–Crippen LogP) is 3.54. The molecule has 3 aromatic rings. The van der Waals surface area contributed by atoms with Gasteiger partial charge in [0.2, 0.25) is 5.69 Å². The molecule has 14 heteroatoms. The van der Waals surface area contributed by atoms with Crippen molar-refractivity contribution in [2.75, 3.05) is 18.5 Å². The second-order valence-electron chi connectivity index (χ2n) is 6.54. The van der Waals surface area contributed by atoms with Crippen LogP contribution in [0.5, 0.6) is 5.75 Å². The van der Waals surface area contributed by atoms with E-state index < -0.39 is 28.3 Å². The van der Waals surface area contributed by atoms with Crippen LogP contribution in [0.25, 0.3) is 5.69 Å². The number of benzene rings is 2. The minimum Gasteiger partial charge on any atom is -0.480 e. The van der Waals surface area contributed by atoms with Gasteiger partial charge in [-0.2, -0.15) is 5.10 Å². The first-order chi connectivity index (χ1) is 16.2. The van der Waals surface area contributed by atoms with Crippen LogP contribution in [-0.4, -0.2) is 44.7 Å². The molecule has 13 nitrogen and oxygen atoms in total. The maximum atomic E-state index is 12.3. The SMILES string of the molecule is CCOC(=O)c1nn(-c2ccc([N+](=O)[O-])cc2)cc1OCC(=O)Nc1ccc([N+](=O)[O-])cc1Cl. The summed E-state index contributed by atoms with van der Waals surface area (Å²) in [6, 6.07) is 8.92. The molecule has 34 heavy (non-hydrogen) atoms. The molecule has 0 aliphatic rings. The minimum atomic E-state index is -0.794. The first-order valence-corrected chi connectivity index (χ1v) is 9.95. The van der Waals surface area contributed by atoms with Crippen molar-refractivity contribution in [2.24, 2.45) is 0 Å². The number of rotatable bonds is 9. The number of aromatic nitrogens is 2. The van der Waals surface area contributed by atoms with Crippen LogP contribution in [0.2, 0.25) is 5.02 Å². The number of esters is 1. The highest BCUT2D eigenvalue weighted by molar-refractivity contribution is 6.34. The fourth-order valence-electron chi connectivity index (χ4n) is 2.71. The molecular formula is C20H16ClN5O8. The number of halogens is 1. The highest BCUT2D eigenvalue weighted by Gasteiger charge is 2.22. The van der Waals surface area contributed by atoms with E-state index in [0.29, 0.717) is 5.69 Å². The van der Waals surface area contributed by atoms with Crippen molar-refractivity contribution in [3.8, 4) is 11.4 Å². The number of amides is 1. The van der Waals surface area contributed by atoms with E-state index in [2.05, 4.69) is 10.4 Å². The van der Waals surface area contributed by atoms with Crippen LogP contribution in [0.15, 0.2) is 48.7 Å². The van der Waals surface area contributed by atoms with Crippen LogP contribution in [0.3, 0.4) is 0 Å². The maximum Gasteiger partial charge on any atom is 0.362 e. The summed E-state index contributed by atoms with van der Waals surface area (Å²) >= 11 is 5.96. The van der Waals surface area contributed by atoms with Gasteiger partial charge in [-0.3, -0.25) is 25.0 Å². The largest absolute Gasteiger partial charge is 0.480 e. The van der Waals surface area contributed by atoms with Crippen molar-refractivity contribution in [3.63, 3.8) is 0 Å². The van der Waals surface area contributed by atoms with Gasteiger partial charge >= 0.3 is 5.97 Å².